The molecular weight excluding hydrogens is 422 g/mol. The highest BCUT2D eigenvalue weighted by Gasteiger charge is 2.34. The number of para-hydroxylation sites is 1. The Bertz CT molecular complexity index is 974. The highest BCUT2D eigenvalue weighted by molar-refractivity contribution is 5.71. The monoisotopic (exact) mass is 451 g/mol. The molecule has 0 bridgehead atoms. The second kappa shape index (κ2) is 12.3. The van der Waals surface area contributed by atoms with Gasteiger partial charge in [0.05, 0.1) is 5.92 Å². The Morgan fingerprint density at radius 3 is 2.42 bits per heavy atom. The summed E-state index contributed by atoms with van der Waals surface area (Å²) in [7, 11) is 0. The van der Waals surface area contributed by atoms with Crippen molar-refractivity contribution < 1.29 is 19.4 Å². The smallest absolute Gasteiger partial charge is 0.306 e. The van der Waals surface area contributed by atoms with E-state index in [-0.39, 0.29) is 5.92 Å². The average Bonchev–Trinajstić information content (AvgIpc) is 3.31. The van der Waals surface area contributed by atoms with Crippen LogP contribution in [-0.2, 0) is 22.7 Å². The molecule has 0 saturated heterocycles. The molecule has 33 heavy (non-hydrogen) atoms. The number of aromatic nitrogens is 4. The molecule has 0 radical (unpaired) electrons. The number of rotatable bonds is 10. The fourth-order valence-electron chi connectivity index (χ4n) is 3.59. The van der Waals surface area contributed by atoms with Crippen LogP contribution in [0.25, 0.3) is 0 Å². The number of carboxylic acids is 1. The van der Waals surface area contributed by atoms with Gasteiger partial charge in [0.15, 0.2) is 0 Å². The van der Waals surface area contributed by atoms with Gasteiger partial charge in [-0.2, -0.15) is 0 Å². The van der Waals surface area contributed by atoms with Crippen LogP contribution in [0.2, 0.25) is 0 Å². The lowest BCUT2D eigenvalue weighted by Gasteiger charge is -2.31. The Morgan fingerprint density at radius 1 is 1.15 bits per heavy atom. The fourth-order valence-corrected chi connectivity index (χ4v) is 3.59. The second-order valence-corrected chi connectivity index (χ2v) is 8.04. The van der Waals surface area contributed by atoms with Crippen molar-refractivity contribution in [2.45, 2.75) is 39.3 Å². The number of hydrogen-bond acceptors (Lipinski definition) is 6. The predicted octanol–water partition coefficient (Wildman–Crippen LogP) is 3.63. The van der Waals surface area contributed by atoms with Crippen molar-refractivity contribution in [3.05, 3.63) is 66.5 Å². The van der Waals surface area contributed by atoms with Crippen molar-refractivity contribution in [2.24, 2.45) is 11.8 Å². The van der Waals surface area contributed by atoms with Crippen LogP contribution in [0.4, 0.5) is 0 Å². The van der Waals surface area contributed by atoms with E-state index in [1.807, 2.05) is 54.6 Å². The van der Waals surface area contributed by atoms with Crippen LogP contribution in [-0.4, -0.2) is 49.1 Å². The summed E-state index contributed by atoms with van der Waals surface area (Å²) >= 11 is 0. The van der Waals surface area contributed by atoms with Crippen LogP contribution in [0.3, 0.4) is 0 Å². The first-order valence-electron chi connectivity index (χ1n) is 11.0. The minimum Gasteiger partial charge on any atom is -0.481 e. The Kier molecular flexibility index (Phi) is 8.93. The predicted molar refractivity (Wildman–Crippen MR) is 121 cm³/mol. The number of benzene rings is 2. The first-order valence-corrected chi connectivity index (χ1v) is 11.0. The van der Waals surface area contributed by atoms with Crippen molar-refractivity contribution in [2.75, 3.05) is 6.54 Å². The third kappa shape index (κ3) is 7.71. The van der Waals surface area contributed by atoms with Gasteiger partial charge in [-0.05, 0) is 65.4 Å². The maximum atomic E-state index is 10.9. The Hall–Kier alpha value is -3.75. The van der Waals surface area contributed by atoms with E-state index in [9.17, 15) is 9.59 Å². The highest BCUT2D eigenvalue weighted by atomic mass is 16.5. The van der Waals surface area contributed by atoms with Crippen molar-refractivity contribution in [3.8, 4) is 11.5 Å². The number of ether oxygens (including phenoxy) is 1. The lowest BCUT2D eigenvalue weighted by Crippen LogP contribution is -2.32. The summed E-state index contributed by atoms with van der Waals surface area (Å²) in [5.41, 5.74) is 1.10. The van der Waals surface area contributed by atoms with E-state index >= 15 is 0 Å². The molecule has 3 aromatic rings. The van der Waals surface area contributed by atoms with Gasteiger partial charge in [0, 0.05) is 19.6 Å². The van der Waals surface area contributed by atoms with Crippen LogP contribution in [0.5, 0.6) is 11.5 Å². The third-order valence-corrected chi connectivity index (χ3v) is 5.37. The van der Waals surface area contributed by atoms with Crippen molar-refractivity contribution in [1.29, 1.82) is 0 Å². The van der Waals surface area contributed by atoms with E-state index in [4.69, 9.17) is 9.84 Å². The van der Waals surface area contributed by atoms with E-state index in [1.165, 1.54) is 0 Å². The molecule has 174 valence electrons. The molecule has 0 atom stereocenters. The van der Waals surface area contributed by atoms with Crippen molar-refractivity contribution in [3.63, 3.8) is 0 Å². The van der Waals surface area contributed by atoms with Crippen LogP contribution in [0.15, 0.2) is 60.9 Å². The summed E-state index contributed by atoms with van der Waals surface area (Å²) in [6.07, 6.45) is 4.91. The zero-order chi connectivity index (χ0) is 23.5. The molecule has 2 aromatic carbocycles. The third-order valence-electron chi connectivity index (χ3n) is 5.37. The van der Waals surface area contributed by atoms with Gasteiger partial charge in [0.1, 0.15) is 17.8 Å². The van der Waals surface area contributed by atoms with Gasteiger partial charge >= 0.3 is 5.97 Å². The van der Waals surface area contributed by atoms with Crippen LogP contribution >= 0.6 is 0 Å². The standard InChI is InChI=1S/C17H19NO2.C7H10N4O2/c1-2-12-18(14-19)13-15-8-10-17(11-9-15)20-16-6-4-3-5-7-16;12-7(13)6-1-5(2-6)3-11-4-8-9-10-11/h3-11,14H,2,12-13H2,1H3;4-6H,1-3H2,(H,12,13). The van der Waals surface area contributed by atoms with Crippen LogP contribution in [0, 0.1) is 11.8 Å². The number of aliphatic carboxylic acids is 1. The molecule has 0 aliphatic heterocycles. The number of carboxylic acid groups (broad SMARTS) is 1. The lowest BCUT2D eigenvalue weighted by atomic mass is 9.75. The van der Waals surface area contributed by atoms with E-state index in [1.54, 1.807) is 15.9 Å². The maximum Gasteiger partial charge on any atom is 0.306 e. The van der Waals surface area contributed by atoms with Crippen molar-refractivity contribution >= 4 is 12.4 Å². The van der Waals surface area contributed by atoms with Gasteiger partial charge < -0.3 is 14.7 Å². The van der Waals surface area contributed by atoms with Gasteiger partial charge in [-0.1, -0.05) is 37.3 Å². The van der Waals surface area contributed by atoms with E-state index in [0.29, 0.717) is 12.5 Å². The molecule has 9 heteroatoms. The molecule has 1 aliphatic carbocycles. The Balaban J connectivity index is 0.000000203. The van der Waals surface area contributed by atoms with Gasteiger partial charge in [0.25, 0.3) is 0 Å². The van der Waals surface area contributed by atoms with Crippen LogP contribution in [0.1, 0.15) is 31.7 Å². The topological polar surface area (TPSA) is 110 Å². The van der Waals surface area contributed by atoms with Gasteiger partial charge in [-0.25, -0.2) is 4.68 Å². The first kappa shape index (κ1) is 23.9. The summed E-state index contributed by atoms with van der Waals surface area (Å²) in [5, 5.41) is 19.4. The van der Waals surface area contributed by atoms with Gasteiger partial charge in [-0.3, -0.25) is 9.59 Å². The molecular formula is C24H29N5O4. The molecule has 1 aliphatic rings. The van der Waals surface area contributed by atoms with E-state index in [2.05, 4.69) is 22.4 Å². The Labute approximate surface area is 193 Å². The summed E-state index contributed by atoms with van der Waals surface area (Å²) in [6.45, 7) is 4.22. The number of nitrogens with zero attached hydrogens (tertiary/aromatic N) is 5. The molecule has 1 amide bonds. The molecule has 1 aromatic heterocycles. The zero-order valence-electron chi connectivity index (χ0n) is 18.7. The number of hydrogen-bond donors (Lipinski definition) is 1. The molecule has 1 N–H and O–H groups in total. The summed E-state index contributed by atoms with van der Waals surface area (Å²) in [5.74, 6) is 1.20. The lowest BCUT2D eigenvalue weighted by molar-refractivity contribution is -0.146. The number of tetrazole rings is 1. The highest BCUT2D eigenvalue weighted by Crippen LogP contribution is 2.34. The first-order chi connectivity index (χ1) is 16.1. The number of carbonyl (C=O) groups excluding carboxylic acids is 1. The summed E-state index contributed by atoms with van der Waals surface area (Å²) in [4.78, 5) is 23.2. The quantitative estimate of drug-likeness (QED) is 0.469. The largest absolute Gasteiger partial charge is 0.481 e. The Morgan fingerprint density at radius 2 is 1.85 bits per heavy atom. The SMILES string of the molecule is CCCN(C=O)Cc1ccc(Oc2ccccc2)cc1.O=C(O)C1CC(Cn2cnnn2)C1. The molecule has 9 nitrogen and oxygen atoms in total. The minimum atomic E-state index is -0.687. The minimum absolute atomic E-state index is 0.151. The van der Waals surface area contributed by atoms with Crippen LogP contribution < -0.4 is 4.74 Å². The molecule has 0 spiro atoms. The molecule has 1 heterocycles. The fraction of sp³-hybridized carbons (Fsp3) is 0.375. The number of amides is 1. The number of carbonyl (C=O) groups is 2. The summed E-state index contributed by atoms with van der Waals surface area (Å²) < 4.78 is 7.37. The summed E-state index contributed by atoms with van der Waals surface area (Å²) in [6, 6.07) is 17.5. The average molecular weight is 452 g/mol. The molecule has 1 fully saturated rings. The molecule has 0 unspecified atom stereocenters. The van der Waals surface area contributed by atoms with Gasteiger partial charge in [0.2, 0.25) is 6.41 Å². The normalized spacial score (nSPS) is 16.6. The molecule has 1 saturated carbocycles. The maximum absolute atomic E-state index is 10.9. The second-order valence-electron chi connectivity index (χ2n) is 8.04. The van der Waals surface area contributed by atoms with E-state index in [0.717, 1.165) is 55.8 Å². The van der Waals surface area contributed by atoms with Gasteiger partial charge in [-0.15, -0.1) is 5.10 Å². The zero-order valence-corrected chi connectivity index (χ0v) is 18.7. The van der Waals surface area contributed by atoms with Crippen molar-refractivity contribution in [1.82, 2.24) is 25.1 Å². The molecule has 4 rings (SSSR count). The van der Waals surface area contributed by atoms with E-state index < -0.39 is 5.97 Å².